The smallest absolute Gasteiger partial charge is 0.306 e. The van der Waals surface area contributed by atoms with Crippen LogP contribution in [0.1, 0.15) is 194 Å². The molecular formula is C37H68O4. The fourth-order valence-electron chi connectivity index (χ4n) is 5.27. The summed E-state index contributed by atoms with van der Waals surface area (Å²) in [6, 6.07) is 0. The number of hydrogen-bond acceptors (Lipinski definition) is 3. The molecule has 0 fully saturated rings. The van der Waals surface area contributed by atoms with Crippen molar-refractivity contribution in [2.75, 3.05) is 0 Å². The van der Waals surface area contributed by atoms with Crippen LogP contribution in [0.25, 0.3) is 0 Å². The van der Waals surface area contributed by atoms with Gasteiger partial charge in [0.2, 0.25) is 0 Å². The molecule has 0 aromatic heterocycles. The van der Waals surface area contributed by atoms with E-state index in [2.05, 4.69) is 38.2 Å². The Morgan fingerprint density at radius 2 is 0.951 bits per heavy atom. The Balaban J connectivity index is 3.77. The van der Waals surface area contributed by atoms with Crippen molar-refractivity contribution in [2.45, 2.75) is 200 Å². The maximum atomic E-state index is 12.5. The van der Waals surface area contributed by atoms with E-state index in [9.17, 15) is 9.59 Å². The number of carboxylic acid groups (broad SMARTS) is 1. The molecule has 0 aliphatic heterocycles. The molecule has 0 rings (SSSR count). The zero-order valence-electron chi connectivity index (χ0n) is 27.4. The van der Waals surface area contributed by atoms with Crippen LogP contribution in [-0.2, 0) is 14.3 Å². The number of carbonyl (C=O) groups is 2. The van der Waals surface area contributed by atoms with Gasteiger partial charge in [-0.05, 0) is 70.6 Å². The van der Waals surface area contributed by atoms with E-state index in [0.717, 1.165) is 44.9 Å². The minimum atomic E-state index is -0.745. The summed E-state index contributed by atoms with van der Waals surface area (Å²) in [5.74, 6) is -0.807. The zero-order chi connectivity index (χ0) is 30.1. The summed E-state index contributed by atoms with van der Waals surface area (Å²) < 4.78 is 5.85. The molecule has 0 saturated carbocycles. The van der Waals surface area contributed by atoms with E-state index in [1.54, 1.807) is 0 Å². The van der Waals surface area contributed by atoms with E-state index in [1.807, 2.05) is 0 Å². The second-order valence-corrected chi connectivity index (χ2v) is 12.1. The van der Waals surface area contributed by atoms with Crippen LogP contribution in [0, 0.1) is 0 Å². The van der Waals surface area contributed by atoms with Gasteiger partial charge in [0.05, 0.1) is 0 Å². The third-order valence-electron chi connectivity index (χ3n) is 7.93. The van der Waals surface area contributed by atoms with Gasteiger partial charge in [-0.3, -0.25) is 9.59 Å². The van der Waals surface area contributed by atoms with Gasteiger partial charge in [-0.25, -0.2) is 0 Å². The van der Waals surface area contributed by atoms with E-state index in [1.165, 1.54) is 116 Å². The molecule has 41 heavy (non-hydrogen) atoms. The highest BCUT2D eigenvalue weighted by Gasteiger charge is 2.14. The summed E-state index contributed by atoms with van der Waals surface area (Å²) in [7, 11) is 0. The Morgan fingerprint density at radius 3 is 1.51 bits per heavy atom. The Bertz CT molecular complexity index is 624. The molecule has 0 aliphatic rings. The molecule has 0 heterocycles. The summed E-state index contributed by atoms with van der Waals surface area (Å²) in [5, 5.41) is 8.88. The van der Waals surface area contributed by atoms with Crippen LogP contribution in [0.2, 0.25) is 0 Å². The number of carbonyl (C=O) groups excluding carboxylic acids is 1. The molecule has 0 radical (unpaired) electrons. The summed E-state index contributed by atoms with van der Waals surface area (Å²) in [6.07, 6.45) is 40.5. The highest BCUT2D eigenvalue weighted by Crippen LogP contribution is 2.18. The molecule has 0 aromatic rings. The Labute approximate surface area is 255 Å². The minimum Gasteiger partial charge on any atom is -0.481 e. The number of allylic oxidation sites excluding steroid dienone is 4. The average molecular weight is 577 g/mol. The number of esters is 1. The van der Waals surface area contributed by atoms with Gasteiger partial charge in [0.25, 0.3) is 0 Å². The summed E-state index contributed by atoms with van der Waals surface area (Å²) >= 11 is 0. The van der Waals surface area contributed by atoms with E-state index in [4.69, 9.17) is 9.84 Å². The Morgan fingerprint density at radius 1 is 0.537 bits per heavy atom. The predicted octanol–water partition coefficient (Wildman–Crippen LogP) is 12.1. The summed E-state index contributed by atoms with van der Waals surface area (Å²) in [6.45, 7) is 4.49. The lowest BCUT2D eigenvalue weighted by atomic mass is 10.0. The molecule has 0 aliphatic carbocycles. The van der Waals surface area contributed by atoms with E-state index >= 15 is 0 Å². The first-order valence-electron chi connectivity index (χ1n) is 17.8. The fraction of sp³-hybridized carbons (Fsp3) is 0.838. The van der Waals surface area contributed by atoms with Crippen molar-refractivity contribution in [2.24, 2.45) is 0 Å². The zero-order valence-corrected chi connectivity index (χ0v) is 27.4. The Kier molecular flexibility index (Phi) is 31.7. The van der Waals surface area contributed by atoms with E-state index in [-0.39, 0.29) is 18.5 Å². The third-order valence-corrected chi connectivity index (χ3v) is 7.93. The first-order chi connectivity index (χ1) is 20.1. The van der Waals surface area contributed by atoms with Crippen molar-refractivity contribution in [1.82, 2.24) is 0 Å². The van der Waals surface area contributed by atoms with Gasteiger partial charge in [0, 0.05) is 12.8 Å². The number of aliphatic carboxylic acids is 1. The van der Waals surface area contributed by atoms with Gasteiger partial charge < -0.3 is 9.84 Å². The van der Waals surface area contributed by atoms with Crippen LogP contribution < -0.4 is 0 Å². The fourth-order valence-corrected chi connectivity index (χ4v) is 5.27. The van der Waals surface area contributed by atoms with Crippen LogP contribution in [0.5, 0.6) is 0 Å². The van der Waals surface area contributed by atoms with Crippen LogP contribution >= 0.6 is 0 Å². The largest absolute Gasteiger partial charge is 0.481 e. The molecule has 240 valence electrons. The number of ether oxygens (including phenoxy) is 1. The first kappa shape index (κ1) is 39.4. The topological polar surface area (TPSA) is 63.6 Å². The molecule has 0 bridgehead atoms. The van der Waals surface area contributed by atoms with Gasteiger partial charge in [0.15, 0.2) is 0 Å². The van der Waals surface area contributed by atoms with Gasteiger partial charge in [-0.15, -0.1) is 0 Å². The lowest BCUT2D eigenvalue weighted by molar-refractivity contribution is -0.150. The van der Waals surface area contributed by atoms with E-state index < -0.39 is 5.97 Å². The Hall–Kier alpha value is -1.58. The quantitative estimate of drug-likeness (QED) is 0.0491. The molecule has 0 saturated heterocycles. The maximum Gasteiger partial charge on any atom is 0.306 e. The van der Waals surface area contributed by atoms with Crippen molar-refractivity contribution in [3.63, 3.8) is 0 Å². The highest BCUT2D eigenvalue weighted by molar-refractivity contribution is 5.69. The summed E-state index contributed by atoms with van der Waals surface area (Å²) in [4.78, 5) is 23.3. The molecule has 0 amide bonds. The van der Waals surface area contributed by atoms with Crippen LogP contribution in [0.4, 0.5) is 0 Å². The number of rotatable bonds is 32. The van der Waals surface area contributed by atoms with Crippen LogP contribution in [0.15, 0.2) is 24.3 Å². The van der Waals surface area contributed by atoms with Crippen molar-refractivity contribution >= 4 is 11.9 Å². The predicted molar refractivity (Wildman–Crippen MR) is 176 cm³/mol. The van der Waals surface area contributed by atoms with Crippen molar-refractivity contribution in [3.05, 3.63) is 24.3 Å². The SMILES string of the molecule is CCCCC/C=C\C/C=C\CCCCCCCCCCCC(=O)OC(CCCCCCCCC)CCCCC(=O)O. The first-order valence-corrected chi connectivity index (χ1v) is 17.8. The molecule has 1 unspecified atom stereocenters. The molecule has 1 N–H and O–H groups in total. The molecular weight excluding hydrogens is 508 g/mol. The van der Waals surface area contributed by atoms with Crippen LogP contribution in [0.3, 0.4) is 0 Å². The molecule has 4 heteroatoms. The second-order valence-electron chi connectivity index (χ2n) is 12.1. The lowest BCUT2D eigenvalue weighted by Crippen LogP contribution is -2.18. The monoisotopic (exact) mass is 577 g/mol. The number of unbranched alkanes of at least 4 members (excludes halogenated alkanes) is 19. The van der Waals surface area contributed by atoms with Gasteiger partial charge >= 0.3 is 11.9 Å². The second kappa shape index (κ2) is 32.9. The average Bonchev–Trinajstić information content (AvgIpc) is 2.95. The standard InChI is InChI=1S/C37H68O4/c1-3-5-7-9-11-12-13-14-15-16-17-18-19-20-21-22-24-26-28-34-37(40)41-35(32-29-30-33-36(38)39)31-27-25-23-10-8-6-4-2/h11-12,14-15,35H,3-10,13,16-34H2,1-2H3,(H,38,39)/b12-11-,15-14-. The van der Waals surface area contributed by atoms with Crippen molar-refractivity contribution < 1.29 is 19.4 Å². The molecule has 1 atom stereocenters. The van der Waals surface area contributed by atoms with E-state index in [0.29, 0.717) is 12.8 Å². The number of hydrogen-bond donors (Lipinski definition) is 1. The minimum absolute atomic E-state index is 0.0421. The molecule has 0 spiro atoms. The number of carboxylic acids is 1. The van der Waals surface area contributed by atoms with Crippen molar-refractivity contribution in [1.29, 1.82) is 0 Å². The van der Waals surface area contributed by atoms with Gasteiger partial charge in [0.1, 0.15) is 6.10 Å². The summed E-state index contributed by atoms with van der Waals surface area (Å²) in [5.41, 5.74) is 0. The lowest BCUT2D eigenvalue weighted by Gasteiger charge is -2.18. The van der Waals surface area contributed by atoms with Crippen LogP contribution in [-0.4, -0.2) is 23.1 Å². The normalized spacial score (nSPS) is 12.4. The third kappa shape index (κ3) is 32.8. The van der Waals surface area contributed by atoms with Gasteiger partial charge in [-0.2, -0.15) is 0 Å². The molecule has 4 nitrogen and oxygen atoms in total. The highest BCUT2D eigenvalue weighted by atomic mass is 16.5. The maximum absolute atomic E-state index is 12.5. The molecule has 0 aromatic carbocycles. The van der Waals surface area contributed by atoms with Gasteiger partial charge in [-0.1, -0.05) is 134 Å². The van der Waals surface area contributed by atoms with Crippen molar-refractivity contribution in [3.8, 4) is 0 Å².